The Morgan fingerprint density at radius 1 is 1.23 bits per heavy atom. The van der Waals surface area contributed by atoms with Crippen LogP contribution in [0.1, 0.15) is 12.8 Å². The Kier molecular flexibility index (Phi) is 4.35. The van der Waals surface area contributed by atoms with Crippen molar-refractivity contribution < 1.29 is 23.8 Å². The van der Waals surface area contributed by atoms with Crippen LogP contribution in [0.25, 0.3) is 0 Å². The van der Waals surface area contributed by atoms with E-state index in [0.717, 1.165) is 12.0 Å². The summed E-state index contributed by atoms with van der Waals surface area (Å²) in [5, 5.41) is 0. The maximum Gasteiger partial charge on any atom is 0.334 e. The maximum absolute atomic E-state index is 12.7. The molecule has 5 heteroatoms. The highest BCUT2D eigenvalue weighted by Crippen LogP contribution is 2.57. The summed E-state index contributed by atoms with van der Waals surface area (Å²) in [4.78, 5) is 25.0. The van der Waals surface area contributed by atoms with Crippen LogP contribution in [-0.2, 0) is 23.8 Å². The van der Waals surface area contributed by atoms with Crippen molar-refractivity contribution in [2.45, 2.75) is 18.9 Å². The highest BCUT2D eigenvalue weighted by Gasteiger charge is 2.54. The first-order valence-electron chi connectivity index (χ1n) is 9.11. The molecule has 4 aliphatic rings. The van der Waals surface area contributed by atoms with Gasteiger partial charge in [0.2, 0.25) is 0 Å². The Hall–Kier alpha value is -2.14. The van der Waals surface area contributed by atoms with Gasteiger partial charge in [-0.25, -0.2) is 9.59 Å². The fourth-order valence-corrected chi connectivity index (χ4v) is 5.43. The topological polar surface area (TPSA) is 61.8 Å². The lowest BCUT2D eigenvalue weighted by atomic mass is 9.70. The van der Waals surface area contributed by atoms with Gasteiger partial charge in [0.25, 0.3) is 0 Å². The van der Waals surface area contributed by atoms with E-state index in [4.69, 9.17) is 14.2 Å². The number of esters is 2. The summed E-state index contributed by atoms with van der Waals surface area (Å²) in [6, 6.07) is 0. The number of carbonyl (C=O) groups excluding carboxylic acids is 2. The summed E-state index contributed by atoms with van der Waals surface area (Å²) in [5.41, 5.74) is 1.95. The molecule has 6 atom stereocenters. The van der Waals surface area contributed by atoms with Gasteiger partial charge >= 0.3 is 11.9 Å². The van der Waals surface area contributed by atoms with Gasteiger partial charge < -0.3 is 14.2 Å². The van der Waals surface area contributed by atoms with Gasteiger partial charge in [-0.1, -0.05) is 24.3 Å². The minimum absolute atomic E-state index is 0.0573. The van der Waals surface area contributed by atoms with Crippen LogP contribution in [0.5, 0.6) is 0 Å². The van der Waals surface area contributed by atoms with Crippen LogP contribution >= 0.6 is 0 Å². The van der Waals surface area contributed by atoms with Crippen molar-refractivity contribution in [3.05, 3.63) is 47.6 Å². The maximum atomic E-state index is 12.7. The minimum atomic E-state index is -0.457. The fraction of sp³-hybridized carbons (Fsp3) is 0.524. The van der Waals surface area contributed by atoms with E-state index in [1.54, 1.807) is 0 Å². The van der Waals surface area contributed by atoms with Gasteiger partial charge in [0.1, 0.15) is 0 Å². The third-order valence-corrected chi connectivity index (χ3v) is 6.49. The molecular weight excluding hydrogens is 332 g/mol. The van der Waals surface area contributed by atoms with Crippen LogP contribution in [0.3, 0.4) is 0 Å². The molecule has 3 aliphatic carbocycles. The van der Waals surface area contributed by atoms with Crippen molar-refractivity contribution in [1.29, 1.82) is 0 Å². The third-order valence-electron chi connectivity index (χ3n) is 6.49. The van der Waals surface area contributed by atoms with E-state index in [2.05, 4.69) is 18.7 Å². The molecule has 0 N–H and O–H groups in total. The molecule has 138 valence electrons. The lowest BCUT2D eigenvalue weighted by Gasteiger charge is -2.32. The van der Waals surface area contributed by atoms with E-state index < -0.39 is 11.9 Å². The van der Waals surface area contributed by atoms with Crippen molar-refractivity contribution in [2.24, 2.45) is 29.6 Å². The quantitative estimate of drug-likeness (QED) is 0.575. The minimum Gasteiger partial charge on any atom is -0.466 e. The van der Waals surface area contributed by atoms with E-state index in [9.17, 15) is 9.59 Å². The Labute approximate surface area is 153 Å². The van der Waals surface area contributed by atoms with Crippen molar-refractivity contribution in [2.75, 3.05) is 20.8 Å². The largest absolute Gasteiger partial charge is 0.466 e. The standard InChI is InChI=1S/C21H24O5/c1-4-11-9-15-17-12(10-26-16-8-7-13(11)18(15)16)5-6-14(20(22)24-2)19(17)21(23)25-3/h4-5,7-8,11,13,15-18H,1,6,9-10H2,2-3H3/t11-,13-,15-,16+,17+,18-/m0/s1. The van der Waals surface area contributed by atoms with Gasteiger partial charge in [-0.05, 0) is 42.1 Å². The number of allylic oxidation sites excluding steroid dienone is 3. The second kappa shape index (κ2) is 6.54. The monoisotopic (exact) mass is 356 g/mol. The van der Waals surface area contributed by atoms with Crippen LogP contribution in [0.4, 0.5) is 0 Å². The van der Waals surface area contributed by atoms with Gasteiger partial charge in [-0.2, -0.15) is 0 Å². The lowest BCUT2D eigenvalue weighted by Crippen LogP contribution is -2.33. The molecule has 5 nitrogen and oxygen atoms in total. The molecule has 1 aliphatic heterocycles. The molecular formula is C21H24O5. The molecule has 0 amide bonds. The Morgan fingerprint density at radius 2 is 2.00 bits per heavy atom. The lowest BCUT2D eigenvalue weighted by molar-refractivity contribution is -0.140. The molecule has 26 heavy (non-hydrogen) atoms. The summed E-state index contributed by atoms with van der Waals surface area (Å²) >= 11 is 0. The number of ether oxygens (including phenoxy) is 3. The van der Waals surface area contributed by atoms with Gasteiger partial charge in [-0.3, -0.25) is 0 Å². The molecule has 0 aromatic heterocycles. The molecule has 0 spiro atoms. The van der Waals surface area contributed by atoms with E-state index in [1.807, 2.05) is 12.2 Å². The zero-order chi connectivity index (χ0) is 18.4. The average molecular weight is 356 g/mol. The van der Waals surface area contributed by atoms with Crippen LogP contribution in [0, 0.1) is 29.6 Å². The van der Waals surface area contributed by atoms with Gasteiger partial charge in [-0.15, -0.1) is 6.58 Å². The Morgan fingerprint density at radius 3 is 2.69 bits per heavy atom. The predicted molar refractivity (Wildman–Crippen MR) is 94.9 cm³/mol. The number of carbonyl (C=O) groups is 2. The van der Waals surface area contributed by atoms with E-state index in [-0.39, 0.29) is 17.9 Å². The normalized spacial score (nSPS) is 37.4. The second-order valence-electron chi connectivity index (χ2n) is 7.45. The highest BCUT2D eigenvalue weighted by molar-refractivity contribution is 6.02. The van der Waals surface area contributed by atoms with Crippen molar-refractivity contribution in [3.63, 3.8) is 0 Å². The number of methoxy groups -OCH3 is 2. The van der Waals surface area contributed by atoms with Crippen molar-refractivity contribution >= 4 is 11.9 Å². The van der Waals surface area contributed by atoms with Crippen molar-refractivity contribution in [3.8, 4) is 0 Å². The molecule has 0 radical (unpaired) electrons. The molecule has 0 bridgehead atoms. The van der Waals surface area contributed by atoms with Crippen LogP contribution in [0.15, 0.2) is 47.6 Å². The molecule has 0 aromatic carbocycles. The highest BCUT2D eigenvalue weighted by atomic mass is 16.5. The van der Waals surface area contributed by atoms with Crippen LogP contribution in [-0.4, -0.2) is 38.9 Å². The molecule has 2 fully saturated rings. The van der Waals surface area contributed by atoms with Gasteiger partial charge in [0.15, 0.2) is 0 Å². The van der Waals surface area contributed by atoms with Crippen LogP contribution in [0.2, 0.25) is 0 Å². The zero-order valence-corrected chi connectivity index (χ0v) is 15.1. The first-order chi connectivity index (χ1) is 12.6. The predicted octanol–water partition coefficient (Wildman–Crippen LogP) is 2.60. The van der Waals surface area contributed by atoms with E-state index in [1.165, 1.54) is 14.2 Å². The van der Waals surface area contributed by atoms with E-state index in [0.29, 0.717) is 41.9 Å². The van der Waals surface area contributed by atoms with Gasteiger partial charge in [0, 0.05) is 5.92 Å². The SMILES string of the molecule is C=C[C@H]1C[C@H]2[C@H]3C(=CCC(C(=O)OC)=C3C(=O)OC)CO[C@@H]3C=C[C@@H]1[C@@H]23. The summed E-state index contributed by atoms with van der Waals surface area (Å²) in [7, 11) is 2.70. The molecule has 4 rings (SSSR count). The molecule has 0 aromatic rings. The number of fused-ring (bicyclic) bond motifs is 2. The summed E-state index contributed by atoms with van der Waals surface area (Å²) < 4.78 is 16.2. The average Bonchev–Trinajstić information content (AvgIpc) is 3.20. The molecule has 1 saturated heterocycles. The Balaban J connectivity index is 1.83. The number of hydrogen-bond acceptors (Lipinski definition) is 5. The zero-order valence-electron chi connectivity index (χ0n) is 15.1. The number of rotatable bonds is 3. The second-order valence-corrected chi connectivity index (χ2v) is 7.45. The number of hydrogen-bond donors (Lipinski definition) is 0. The first kappa shape index (κ1) is 17.3. The first-order valence-corrected chi connectivity index (χ1v) is 9.11. The molecule has 1 heterocycles. The molecule has 0 unspecified atom stereocenters. The van der Waals surface area contributed by atoms with E-state index >= 15 is 0 Å². The summed E-state index contributed by atoms with van der Waals surface area (Å²) in [6.45, 7) is 4.48. The third kappa shape index (κ3) is 2.41. The summed E-state index contributed by atoms with van der Waals surface area (Å²) in [6.07, 6.45) is 9.80. The fourth-order valence-electron chi connectivity index (χ4n) is 5.43. The summed E-state index contributed by atoms with van der Waals surface area (Å²) in [5.74, 6) is 0.190. The molecule has 1 saturated carbocycles. The van der Waals surface area contributed by atoms with Crippen LogP contribution < -0.4 is 0 Å². The Bertz CT molecular complexity index is 744. The van der Waals surface area contributed by atoms with Crippen molar-refractivity contribution in [1.82, 2.24) is 0 Å². The smallest absolute Gasteiger partial charge is 0.334 e. The van der Waals surface area contributed by atoms with Gasteiger partial charge in [0.05, 0.1) is 38.1 Å².